The summed E-state index contributed by atoms with van der Waals surface area (Å²) in [4.78, 5) is 0. The molecule has 1 aliphatic heterocycles. The zero-order valence-corrected chi connectivity index (χ0v) is 7.45. The molecule has 1 aromatic rings. The van der Waals surface area contributed by atoms with Crippen LogP contribution in [0.15, 0.2) is 12.3 Å². The molecule has 0 unspecified atom stereocenters. The lowest BCUT2D eigenvalue weighted by molar-refractivity contribution is 0.230. The maximum Gasteiger partial charge on any atom is 0.211 e. The number of nitrogens with two attached hydrogens (primary N) is 1. The van der Waals surface area contributed by atoms with Gasteiger partial charge in [-0.2, -0.15) is 5.10 Å². The summed E-state index contributed by atoms with van der Waals surface area (Å²) in [6, 6.07) is 1.89. The first kappa shape index (κ1) is 9.98. The van der Waals surface area contributed by atoms with Gasteiger partial charge in [0.15, 0.2) is 0 Å². The van der Waals surface area contributed by atoms with Gasteiger partial charge in [0.25, 0.3) is 0 Å². The highest BCUT2D eigenvalue weighted by molar-refractivity contribution is 5.08. The highest BCUT2D eigenvalue weighted by Gasteiger charge is 2.07. The summed E-state index contributed by atoms with van der Waals surface area (Å²) in [6.45, 7) is 1.59. The highest BCUT2D eigenvalue weighted by atomic mass is 19.1. The first-order valence-electron chi connectivity index (χ1n) is 4.29. The van der Waals surface area contributed by atoms with Crippen LogP contribution in [-0.2, 0) is 6.54 Å². The van der Waals surface area contributed by atoms with Crippen molar-refractivity contribution in [1.29, 1.82) is 0 Å². The van der Waals surface area contributed by atoms with Gasteiger partial charge in [0, 0.05) is 25.6 Å². The summed E-state index contributed by atoms with van der Waals surface area (Å²) < 4.78 is 17.7. The number of alkyl halides is 1. The normalized spacial score (nSPS) is 13.7. The minimum absolute atomic E-state index is 0.153. The summed E-state index contributed by atoms with van der Waals surface area (Å²) in [6.07, 6.45) is 2.84. The van der Waals surface area contributed by atoms with Crippen LogP contribution in [-0.4, -0.2) is 29.6 Å². The number of halogens is 1. The van der Waals surface area contributed by atoms with E-state index < -0.39 is 6.67 Å². The van der Waals surface area contributed by atoms with Gasteiger partial charge in [-0.25, -0.2) is 9.07 Å². The molecule has 2 rings (SSSR count). The van der Waals surface area contributed by atoms with Crippen molar-refractivity contribution in [2.24, 2.45) is 5.73 Å². The zero-order valence-electron chi connectivity index (χ0n) is 7.45. The Labute approximate surface area is 76.5 Å². The van der Waals surface area contributed by atoms with E-state index in [2.05, 4.69) is 10.8 Å². The predicted molar refractivity (Wildman–Crippen MR) is 47.4 cm³/mol. The van der Waals surface area contributed by atoms with E-state index in [9.17, 15) is 4.39 Å². The number of rotatable bonds is 1. The van der Waals surface area contributed by atoms with Crippen molar-refractivity contribution >= 4 is 0 Å². The van der Waals surface area contributed by atoms with Crippen molar-refractivity contribution in [3.05, 3.63) is 12.3 Å². The Hall–Kier alpha value is -1.10. The molecular weight excluding hydrogens is 173 g/mol. The van der Waals surface area contributed by atoms with Crippen LogP contribution in [0.25, 0.3) is 0 Å². The zero-order chi connectivity index (χ0) is 9.52. The smallest absolute Gasteiger partial charge is 0.211 e. The first-order valence-corrected chi connectivity index (χ1v) is 4.29. The molecule has 2 N–H and O–H groups in total. The van der Waals surface area contributed by atoms with E-state index in [-0.39, 0.29) is 6.54 Å². The number of hydrogen-bond donors (Lipinski definition) is 1. The van der Waals surface area contributed by atoms with Crippen molar-refractivity contribution in [3.63, 3.8) is 0 Å². The summed E-state index contributed by atoms with van der Waals surface area (Å²) in [5, 5.41) is 4.05. The second-order valence-electron chi connectivity index (χ2n) is 2.57. The largest absolute Gasteiger partial charge is 0.478 e. The van der Waals surface area contributed by atoms with Crippen LogP contribution in [0.4, 0.5) is 4.39 Å². The predicted octanol–water partition coefficient (Wildman–Crippen LogP) is 0.580. The molecule has 0 atom stereocenters. The molecule has 0 fully saturated rings. The Kier molecular flexibility index (Phi) is 4.25. The number of ether oxygens (including phenoxy) is 1. The third-order valence-electron chi connectivity index (χ3n) is 1.55. The Bertz CT molecular complexity index is 217. The molecule has 0 spiro atoms. The molecule has 0 radical (unpaired) electrons. The fourth-order valence-corrected chi connectivity index (χ4v) is 1.00. The van der Waals surface area contributed by atoms with Crippen LogP contribution in [0.2, 0.25) is 0 Å². The third-order valence-corrected chi connectivity index (χ3v) is 1.55. The van der Waals surface area contributed by atoms with Crippen molar-refractivity contribution in [2.75, 3.05) is 19.8 Å². The topological polar surface area (TPSA) is 53.1 Å². The van der Waals surface area contributed by atoms with Gasteiger partial charge in [-0.1, -0.05) is 0 Å². The number of nitrogens with zero attached hydrogens (tertiary/aromatic N) is 2. The molecule has 0 aliphatic carbocycles. The fraction of sp³-hybridized carbons (Fsp3) is 0.625. The van der Waals surface area contributed by atoms with Gasteiger partial charge >= 0.3 is 0 Å². The van der Waals surface area contributed by atoms with Gasteiger partial charge in [0.05, 0.1) is 12.8 Å². The lowest BCUT2D eigenvalue weighted by Crippen LogP contribution is -2.14. The molecule has 0 bridgehead atoms. The minimum atomic E-state index is -0.403. The molecule has 1 aliphatic rings. The molecule has 0 amide bonds. The molecule has 74 valence electrons. The van der Waals surface area contributed by atoms with E-state index in [0.717, 1.165) is 25.5 Å². The maximum atomic E-state index is 10.6. The van der Waals surface area contributed by atoms with Crippen LogP contribution < -0.4 is 10.5 Å². The van der Waals surface area contributed by atoms with Gasteiger partial charge in [-0.15, -0.1) is 0 Å². The van der Waals surface area contributed by atoms with Crippen LogP contribution in [0.5, 0.6) is 5.88 Å². The van der Waals surface area contributed by atoms with E-state index >= 15 is 0 Å². The lowest BCUT2D eigenvalue weighted by atomic mass is 10.4. The molecule has 2 heterocycles. The quantitative estimate of drug-likeness (QED) is 0.699. The molecule has 0 aromatic carbocycles. The second kappa shape index (κ2) is 5.53. The Morgan fingerprint density at radius 2 is 2.46 bits per heavy atom. The first-order chi connectivity index (χ1) is 6.38. The van der Waals surface area contributed by atoms with Gasteiger partial charge in [-0.05, 0) is 0 Å². The fourth-order valence-electron chi connectivity index (χ4n) is 1.00. The molecular formula is C8H14FN3O. The average Bonchev–Trinajstić information content (AvgIpc) is 2.66. The third kappa shape index (κ3) is 3.02. The minimum Gasteiger partial charge on any atom is -0.478 e. The van der Waals surface area contributed by atoms with Crippen molar-refractivity contribution in [2.45, 2.75) is 13.0 Å². The monoisotopic (exact) mass is 187 g/mol. The van der Waals surface area contributed by atoms with Gasteiger partial charge in [0.1, 0.15) is 6.67 Å². The summed E-state index contributed by atoms with van der Waals surface area (Å²) in [5.41, 5.74) is 4.65. The van der Waals surface area contributed by atoms with E-state index in [0.29, 0.717) is 0 Å². The van der Waals surface area contributed by atoms with E-state index in [4.69, 9.17) is 4.74 Å². The summed E-state index contributed by atoms with van der Waals surface area (Å²) >= 11 is 0. The van der Waals surface area contributed by atoms with Crippen LogP contribution in [0.3, 0.4) is 0 Å². The number of aryl methyl sites for hydroxylation is 1. The molecule has 13 heavy (non-hydrogen) atoms. The van der Waals surface area contributed by atoms with Crippen molar-refractivity contribution in [1.82, 2.24) is 9.78 Å². The summed E-state index contributed by atoms with van der Waals surface area (Å²) in [7, 11) is 0. The molecule has 5 heteroatoms. The molecule has 0 saturated heterocycles. The number of aromatic nitrogens is 2. The Morgan fingerprint density at radius 3 is 3.08 bits per heavy atom. The van der Waals surface area contributed by atoms with E-state index in [1.165, 1.54) is 0 Å². The van der Waals surface area contributed by atoms with Gasteiger partial charge in [-0.3, -0.25) is 0 Å². The highest BCUT2D eigenvalue weighted by Crippen LogP contribution is 2.13. The summed E-state index contributed by atoms with van der Waals surface area (Å²) in [5.74, 6) is 0.904. The Morgan fingerprint density at radius 1 is 1.69 bits per heavy atom. The van der Waals surface area contributed by atoms with Gasteiger partial charge in [0.2, 0.25) is 5.88 Å². The van der Waals surface area contributed by atoms with E-state index in [1.807, 2.05) is 10.7 Å². The van der Waals surface area contributed by atoms with Crippen LogP contribution in [0, 0.1) is 0 Å². The van der Waals surface area contributed by atoms with E-state index in [1.54, 1.807) is 6.20 Å². The molecule has 4 nitrogen and oxygen atoms in total. The maximum absolute atomic E-state index is 10.6. The second-order valence-corrected chi connectivity index (χ2v) is 2.57. The number of fused-ring (bicyclic) bond motifs is 1. The molecule has 0 saturated carbocycles. The van der Waals surface area contributed by atoms with Gasteiger partial charge < -0.3 is 10.5 Å². The van der Waals surface area contributed by atoms with Crippen LogP contribution >= 0.6 is 0 Å². The molecule has 1 aromatic heterocycles. The average molecular weight is 187 g/mol. The standard InChI is InChI=1S/C6H8N2O.C2H6FN/c1-4-8-6(9-5-1)2-3-7-8;3-1-2-4/h2-3H,1,4-5H2;1-2,4H2. The Balaban J connectivity index is 0.000000184. The SMILES string of the molecule is NCCF.c1cc2n(n1)CCCO2. The number of hydrogen-bond acceptors (Lipinski definition) is 3. The van der Waals surface area contributed by atoms with Crippen LogP contribution in [0.1, 0.15) is 6.42 Å². The van der Waals surface area contributed by atoms with Crippen molar-refractivity contribution < 1.29 is 9.13 Å². The van der Waals surface area contributed by atoms with Crippen molar-refractivity contribution in [3.8, 4) is 5.88 Å². The lowest BCUT2D eigenvalue weighted by Gasteiger charge is -2.13.